The van der Waals surface area contributed by atoms with E-state index in [-0.39, 0.29) is 35.1 Å². The molecule has 256 valence electrons. The van der Waals surface area contributed by atoms with Crippen molar-refractivity contribution in [2.75, 3.05) is 19.8 Å². The van der Waals surface area contributed by atoms with Gasteiger partial charge in [-0.3, -0.25) is 4.79 Å². The summed E-state index contributed by atoms with van der Waals surface area (Å²) < 4.78 is 75.1. The second-order valence-electron chi connectivity index (χ2n) is 13.0. The number of benzene rings is 2. The van der Waals surface area contributed by atoms with Crippen molar-refractivity contribution < 1.29 is 41.3 Å². The Morgan fingerprint density at radius 2 is 1.90 bits per heavy atom. The molecule has 2 aliphatic heterocycles. The van der Waals surface area contributed by atoms with Crippen molar-refractivity contribution >= 4 is 27.0 Å². The van der Waals surface area contributed by atoms with Crippen LogP contribution < -0.4 is 9.47 Å². The van der Waals surface area contributed by atoms with Gasteiger partial charge in [0, 0.05) is 38.5 Å². The number of halogens is 2. The molecule has 1 saturated heterocycles. The van der Waals surface area contributed by atoms with Crippen LogP contribution in [0.4, 0.5) is 8.78 Å². The maximum atomic E-state index is 14.2. The number of nitrogens with zero attached hydrogens (tertiary/aromatic N) is 5. The van der Waals surface area contributed by atoms with E-state index in [1.165, 1.54) is 27.3 Å². The number of aryl methyl sites for hydroxylation is 3. The van der Waals surface area contributed by atoms with E-state index in [0.717, 1.165) is 5.56 Å². The highest BCUT2D eigenvalue weighted by atomic mass is 32.2. The van der Waals surface area contributed by atoms with Crippen LogP contribution in [0.2, 0.25) is 0 Å². The first-order chi connectivity index (χ1) is 22.6. The highest BCUT2D eigenvalue weighted by Gasteiger charge is 2.46. The Morgan fingerprint density at radius 1 is 1.17 bits per heavy atom. The Labute approximate surface area is 276 Å². The number of aliphatic carboxylic acids is 1. The first-order valence-electron chi connectivity index (χ1n) is 15.5. The smallest absolute Gasteiger partial charge is 0.387 e. The van der Waals surface area contributed by atoms with Crippen LogP contribution in [0.3, 0.4) is 0 Å². The Kier molecular flexibility index (Phi) is 8.67. The second kappa shape index (κ2) is 12.3. The van der Waals surface area contributed by atoms with Crippen LogP contribution in [0.25, 0.3) is 11.0 Å². The quantitative estimate of drug-likeness (QED) is 0.270. The number of alkyl halides is 2. The average molecular weight is 686 g/mol. The van der Waals surface area contributed by atoms with Crippen LogP contribution in [-0.4, -0.2) is 75.7 Å². The summed E-state index contributed by atoms with van der Waals surface area (Å²) in [6, 6.07) is 9.83. The fourth-order valence-electron chi connectivity index (χ4n) is 6.74. The largest absolute Gasteiger partial charge is 0.481 e. The molecule has 15 heteroatoms. The van der Waals surface area contributed by atoms with E-state index in [1.807, 2.05) is 13.0 Å². The summed E-state index contributed by atoms with van der Waals surface area (Å²) in [5, 5.41) is 18.7. The van der Waals surface area contributed by atoms with Gasteiger partial charge in [-0.05, 0) is 73.7 Å². The van der Waals surface area contributed by atoms with Crippen molar-refractivity contribution in [1.82, 2.24) is 24.3 Å². The van der Waals surface area contributed by atoms with Crippen LogP contribution >= 0.6 is 0 Å². The van der Waals surface area contributed by atoms with Crippen molar-refractivity contribution in [3.8, 4) is 11.6 Å². The minimum absolute atomic E-state index is 0.0356. The molecule has 1 unspecified atom stereocenters. The van der Waals surface area contributed by atoms with Crippen LogP contribution in [0.1, 0.15) is 60.4 Å². The maximum absolute atomic E-state index is 14.2. The lowest BCUT2D eigenvalue weighted by Gasteiger charge is -2.38. The summed E-state index contributed by atoms with van der Waals surface area (Å²) in [7, 11) is -2.52. The van der Waals surface area contributed by atoms with Gasteiger partial charge in [-0.15, -0.1) is 5.10 Å². The third-order valence-corrected chi connectivity index (χ3v) is 11.3. The molecule has 2 aliphatic rings. The Hall–Kier alpha value is -4.21. The fourth-order valence-corrected chi connectivity index (χ4v) is 8.30. The standard InChI is InChI=1S/C33H37F2N5O7S/c1-19-8-9-21(26(32(3,4)30(41)42)23-16-24(46-31(34)35)28-27(20(23)2)37-38-39(28)5)15-22(19)17-40-18-33(10-13-45-14-11-33)47-29-25(48(40,43)44)7-6-12-36-29/h6-9,12,15-16,26,31H,10-11,13-14,17-18H2,1-5H3,(H,41,42). The molecule has 2 aromatic heterocycles. The molecule has 12 nitrogen and oxygen atoms in total. The van der Waals surface area contributed by atoms with E-state index in [4.69, 9.17) is 14.2 Å². The van der Waals surface area contributed by atoms with Crippen molar-refractivity contribution in [1.29, 1.82) is 0 Å². The first-order valence-corrected chi connectivity index (χ1v) is 16.9. The molecule has 0 saturated carbocycles. The summed E-state index contributed by atoms with van der Waals surface area (Å²) in [4.78, 5) is 17.1. The average Bonchev–Trinajstić information content (AvgIpc) is 3.39. The zero-order valence-corrected chi connectivity index (χ0v) is 28.1. The predicted molar refractivity (Wildman–Crippen MR) is 170 cm³/mol. The number of hydrogen-bond donors (Lipinski definition) is 1. The van der Waals surface area contributed by atoms with Crippen LogP contribution in [-0.2, 0) is 33.1 Å². The molecule has 1 spiro atoms. The number of carboxylic acids is 1. The topological polar surface area (TPSA) is 146 Å². The molecule has 0 amide bonds. The molecular formula is C33H37F2N5O7S. The van der Waals surface area contributed by atoms with Crippen molar-refractivity contribution in [3.63, 3.8) is 0 Å². The summed E-state index contributed by atoms with van der Waals surface area (Å²) >= 11 is 0. The van der Waals surface area contributed by atoms with Crippen LogP contribution in [0.15, 0.2) is 47.5 Å². The van der Waals surface area contributed by atoms with Crippen LogP contribution in [0.5, 0.6) is 11.6 Å². The number of ether oxygens (including phenoxy) is 3. The molecule has 4 heterocycles. The molecule has 0 bridgehead atoms. The predicted octanol–water partition coefficient (Wildman–Crippen LogP) is 4.96. The molecule has 0 aliphatic carbocycles. The number of rotatable bonds is 8. The second-order valence-corrected chi connectivity index (χ2v) is 14.9. The summed E-state index contributed by atoms with van der Waals surface area (Å²) in [6.07, 6.45) is 2.43. The van der Waals surface area contributed by atoms with Gasteiger partial charge in [0.05, 0.1) is 25.2 Å². The highest BCUT2D eigenvalue weighted by molar-refractivity contribution is 7.89. The maximum Gasteiger partial charge on any atom is 0.387 e. The normalized spacial score (nSPS) is 18.3. The summed E-state index contributed by atoms with van der Waals surface area (Å²) in [5.41, 5.74) is 1.16. The third-order valence-electron chi connectivity index (χ3n) is 9.52. The Bertz CT molecular complexity index is 1990. The number of pyridine rings is 1. The van der Waals surface area contributed by atoms with Crippen molar-refractivity contribution in [3.05, 3.63) is 70.4 Å². The van der Waals surface area contributed by atoms with Crippen LogP contribution in [0, 0.1) is 19.3 Å². The monoisotopic (exact) mass is 685 g/mol. The Balaban J connectivity index is 1.49. The van der Waals surface area contributed by atoms with Gasteiger partial charge < -0.3 is 19.3 Å². The molecule has 1 fully saturated rings. The first kappa shape index (κ1) is 33.7. The van der Waals surface area contributed by atoms with Gasteiger partial charge in [-0.2, -0.15) is 13.1 Å². The van der Waals surface area contributed by atoms with Gasteiger partial charge in [0.2, 0.25) is 15.9 Å². The molecule has 4 aromatic rings. The van der Waals surface area contributed by atoms with Gasteiger partial charge in [0.25, 0.3) is 0 Å². The molecule has 2 aromatic carbocycles. The number of carboxylic acid groups (broad SMARTS) is 1. The van der Waals surface area contributed by atoms with E-state index in [0.29, 0.717) is 53.8 Å². The van der Waals surface area contributed by atoms with Gasteiger partial charge in [-0.1, -0.05) is 23.4 Å². The van der Waals surface area contributed by atoms with E-state index in [9.17, 15) is 27.1 Å². The lowest BCUT2D eigenvalue weighted by molar-refractivity contribution is -0.147. The number of carbonyl (C=O) groups is 1. The molecule has 48 heavy (non-hydrogen) atoms. The van der Waals surface area contributed by atoms with E-state index >= 15 is 0 Å². The lowest BCUT2D eigenvalue weighted by Crippen LogP contribution is -2.50. The molecule has 1 atom stereocenters. The summed E-state index contributed by atoms with van der Waals surface area (Å²) in [6.45, 7) is 4.39. The summed E-state index contributed by atoms with van der Waals surface area (Å²) in [5.74, 6) is -2.15. The number of hydrogen-bond acceptors (Lipinski definition) is 9. The zero-order valence-electron chi connectivity index (χ0n) is 27.2. The molecule has 0 radical (unpaired) electrons. The lowest BCUT2D eigenvalue weighted by atomic mass is 9.69. The number of aromatic nitrogens is 4. The molecule has 1 N–H and O–H groups in total. The van der Waals surface area contributed by atoms with Gasteiger partial charge in [0.1, 0.15) is 21.5 Å². The fraction of sp³-hybridized carbons (Fsp3) is 0.455. The number of sulfonamides is 1. The van der Waals surface area contributed by atoms with Gasteiger partial charge in [-0.25, -0.2) is 18.1 Å². The van der Waals surface area contributed by atoms with Crippen molar-refractivity contribution in [2.24, 2.45) is 12.5 Å². The van der Waals surface area contributed by atoms with E-state index in [2.05, 4.69) is 15.3 Å². The minimum atomic E-state index is -4.08. The third kappa shape index (κ3) is 5.87. The SMILES string of the molecule is Cc1ccc(C(c2cc(OC(F)F)c3c(nnn3C)c2C)C(C)(C)C(=O)O)cc1CN1CC2(CCOCC2)Oc2ncccc2S1(=O)=O. The highest BCUT2D eigenvalue weighted by Crippen LogP contribution is 2.46. The molecular weight excluding hydrogens is 648 g/mol. The molecule has 6 rings (SSSR count). The van der Waals surface area contributed by atoms with Gasteiger partial charge in [0.15, 0.2) is 5.75 Å². The van der Waals surface area contributed by atoms with Crippen molar-refractivity contribution in [2.45, 2.75) is 70.1 Å². The number of fused-ring (bicyclic) bond motifs is 2. The van der Waals surface area contributed by atoms with E-state index < -0.39 is 39.5 Å². The van der Waals surface area contributed by atoms with E-state index in [1.54, 1.807) is 46.0 Å². The minimum Gasteiger partial charge on any atom is -0.481 e. The zero-order chi connectivity index (χ0) is 34.6. The Morgan fingerprint density at radius 3 is 2.58 bits per heavy atom. The van der Waals surface area contributed by atoms with Gasteiger partial charge >= 0.3 is 12.6 Å².